The van der Waals surface area contributed by atoms with Crippen LogP contribution in [-0.2, 0) is 32.6 Å². The minimum absolute atomic E-state index is 0.00658. The van der Waals surface area contributed by atoms with E-state index in [1.54, 1.807) is 6.07 Å². The van der Waals surface area contributed by atoms with Crippen molar-refractivity contribution in [2.24, 2.45) is 0 Å². The van der Waals surface area contributed by atoms with Gasteiger partial charge >= 0.3 is 0 Å². The molecule has 0 unspecified atom stereocenters. The minimum Gasteiger partial charge on any atom is -0.495 e. The van der Waals surface area contributed by atoms with Crippen molar-refractivity contribution < 1.29 is 32.2 Å². The topological polar surface area (TPSA) is 114 Å². The maximum absolute atomic E-state index is 14.8. The Kier molecular flexibility index (Phi) is 12.3. The van der Waals surface area contributed by atoms with E-state index in [1.807, 2.05) is 60.7 Å². The second-order valence-electron chi connectivity index (χ2n) is 12.0. The normalized spacial score (nSPS) is 13.7. The number of nitrogens with one attached hydrogen (secondary N) is 1. The fraction of sp³-hybridized carbons (Fsp3) is 0.316. The van der Waals surface area contributed by atoms with Gasteiger partial charge in [-0.25, -0.2) is 8.42 Å². The van der Waals surface area contributed by atoms with Crippen LogP contribution in [0.15, 0.2) is 102 Å². The molecule has 4 aromatic rings. The average molecular weight is 720 g/mol. The van der Waals surface area contributed by atoms with Gasteiger partial charge in [-0.1, -0.05) is 85.1 Å². The summed E-state index contributed by atoms with van der Waals surface area (Å²) in [6, 6.07) is 26.6. The number of hydrogen-bond donors (Lipinski definition) is 1. The van der Waals surface area contributed by atoms with E-state index in [0.29, 0.717) is 5.75 Å². The predicted molar refractivity (Wildman–Crippen MR) is 193 cm³/mol. The van der Waals surface area contributed by atoms with Gasteiger partial charge in [0.2, 0.25) is 11.8 Å². The van der Waals surface area contributed by atoms with E-state index in [2.05, 4.69) is 5.32 Å². The van der Waals surface area contributed by atoms with Gasteiger partial charge in [0.1, 0.15) is 18.3 Å². The van der Waals surface area contributed by atoms with Crippen LogP contribution in [0.4, 0.5) is 5.69 Å². The van der Waals surface area contributed by atoms with E-state index in [9.17, 15) is 18.0 Å². The minimum atomic E-state index is -4.47. The Bertz CT molecular complexity index is 1870. The molecule has 1 N–H and O–H groups in total. The van der Waals surface area contributed by atoms with Crippen molar-refractivity contribution in [1.29, 1.82) is 0 Å². The predicted octanol–water partition coefficient (Wildman–Crippen LogP) is 6.26. The number of methoxy groups -OCH3 is 3. The number of halogens is 1. The summed E-state index contributed by atoms with van der Waals surface area (Å²) < 4.78 is 46.5. The van der Waals surface area contributed by atoms with Crippen LogP contribution >= 0.6 is 11.6 Å². The number of anilines is 1. The van der Waals surface area contributed by atoms with Crippen LogP contribution in [0.25, 0.3) is 0 Å². The molecule has 0 aliphatic heterocycles. The molecule has 1 atom stereocenters. The SMILES string of the molecule is COc1ccc(S(=O)(=O)N(CC(=O)N(Cc2ccccc2)[C@@H](Cc2ccccc2)C(=O)NC2CCCC2)c2cc(Cl)ccc2OC)cc1OC. The maximum Gasteiger partial charge on any atom is 0.265 e. The lowest BCUT2D eigenvalue weighted by Gasteiger charge is -2.34. The molecule has 12 heteroatoms. The summed E-state index contributed by atoms with van der Waals surface area (Å²) in [5, 5.41) is 3.42. The number of nitrogens with zero attached hydrogens (tertiary/aromatic N) is 2. The summed E-state index contributed by atoms with van der Waals surface area (Å²) in [4.78, 5) is 30.3. The lowest BCUT2D eigenvalue weighted by Crippen LogP contribution is -2.54. The number of rotatable bonds is 15. The van der Waals surface area contributed by atoms with Crippen molar-refractivity contribution in [2.75, 3.05) is 32.2 Å². The molecule has 0 saturated heterocycles. The zero-order valence-corrected chi connectivity index (χ0v) is 30.0. The van der Waals surface area contributed by atoms with Crippen molar-refractivity contribution in [3.8, 4) is 17.2 Å². The van der Waals surface area contributed by atoms with Crippen LogP contribution in [0.1, 0.15) is 36.8 Å². The Balaban J connectivity index is 1.61. The highest BCUT2D eigenvalue weighted by atomic mass is 35.5. The number of amides is 2. The highest BCUT2D eigenvalue weighted by Crippen LogP contribution is 2.37. The van der Waals surface area contributed by atoms with E-state index >= 15 is 0 Å². The number of ether oxygens (including phenoxy) is 3. The molecule has 4 aromatic carbocycles. The van der Waals surface area contributed by atoms with E-state index in [-0.39, 0.29) is 52.0 Å². The molecule has 10 nitrogen and oxygen atoms in total. The van der Waals surface area contributed by atoms with Gasteiger partial charge in [-0.2, -0.15) is 0 Å². The van der Waals surface area contributed by atoms with Crippen molar-refractivity contribution in [1.82, 2.24) is 10.2 Å². The Labute approximate surface area is 299 Å². The zero-order chi connectivity index (χ0) is 35.7. The van der Waals surface area contributed by atoms with Gasteiger partial charge in [0.15, 0.2) is 11.5 Å². The number of sulfonamides is 1. The third kappa shape index (κ3) is 8.70. The van der Waals surface area contributed by atoms with Gasteiger partial charge < -0.3 is 24.4 Å². The quantitative estimate of drug-likeness (QED) is 0.154. The molecule has 1 fully saturated rings. The fourth-order valence-electron chi connectivity index (χ4n) is 6.18. The first-order chi connectivity index (χ1) is 24.1. The van der Waals surface area contributed by atoms with Crippen LogP contribution in [0.2, 0.25) is 5.02 Å². The molecule has 1 aliphatic carbocycles. The summed E-state index contributed by atoms with van der Waals surface area (Å²) in [6.45, 7) is -0.603. The molecule has 0 aromatic heterocycles. The first kappa shape index (κ1) is 36.5. The lowest BCUT2D eigenvalue weighted by molar-refractivity contribution is -0.140. The van der Waals surface area contributed by atoms with Crippen molar-refractivity contribution in [3.05, 3.63) is 113 Å². The lowest BCUT2D eigenvalue weighted by atomic mass is 10.0. The third-order valence-electron chi connectivity index (χ3n) is 8.80. The van der Waals surface area contributed by atoms with E-state index in [4.69, 9.17) is 25.8 Å². The standard InChI is InChI=1S/C38H42ClN3O7S/c1-47-34-20-18-29(39)23-32(34)42(50(45,46)31-19-21-35(48-2)36(24-31)49-3)26-37(43)41(25-28-14-8-5-9-15-28)33(22-27-12-6-4-7-13-27)38(44)40-30-16-10-11-17-30/h4-9,12-15,18-21,23-24,30,33H,10-11,16-17,22,25-26H2,1-3H3,(H,40,44)/t33-/m0/s1. The highest BCUT2D eigenvalue weighted by Gasteiger charge is 2.36. The molecule has 50 heavy (non-hydrogen) atoms. The summed E-state index contributed by atoms with van der Waals surface area (Å²) in [7, 11) is -0.220. The van der Waals surface area contributed by atoms with E-state index < -0.39 is 28.5 Å². The number of hydrogen-bond acceptors (Lipinski definition) is 7. The molecule has 5 rings (SSSR count). The Morgan fingerprint density at radius 3 is 2.02 bits per heavy atom. The van der Waals surface area contributed by atoms with Crippen molar-refractivity contribution >= 4 is 39.1 Å². The molecular formula is C38H42ClN3O7S. The van der Waals surface area contributed by atoms with Crippen LogP contribution in [0, 0.1) is 0 Å². The summed E-state index contributed by atoms with van der Waals surface area (Å²) >= 11 is 6.41. The largest absolute Gasteiger partial charge is 0.495 e. The first-order valence-electron chi connectivity index (χ1n) is 16.4. The Hall–Kier alpha value is -4.74. The maximum atomic E-state index is 14.8. The van der Waals surface area contributed by atoms with E-state index in [0.717, 1.165) is 41.1 Å². The fourth-order valence-corrected chi connectivity index (χ4v) is 7.78. The van der Waals surface area contributed by atoms with Gasteiger partial charge in [0.05, 0.1) is 31.9 Å². The van der Waals surface area contributed by atoms with Crippen LogP contribution in [0.3, 0.4) is 0 Å². The van der Waals surface area contributed by atoms with Gasteiger partial charge in [-0.3, -0.25) is 13.9 Å². The molecule has 0 bridgehead atoms. The summed E-state index contributed by atoms with van der Waals surface area (Å²) in [5.74, 6) is -0.182. The van der Waals surface area contributed by atoms with Gasteiger partial charge in [0.25, 0.3) is 10.0 Å². The second-order valence-corrected chi connectivity index (χ2v) is 14.3. The van der Waals surface area contributed by atoms with Crippen LogP contribution < -0.4 is 23.8 Å². The molecule has 1 saturated carbocycles. The zero-order valence-electron chi connectivity index (χ0n) is 28.4. The van der Waals surface area contributed by atoms with Crippen LogP contribution in [-0.4, -0.2) is 65.1 Å². The number of benzene rings is 4. The Morgan fingerprint density at radius 1 is 0.800 bits per heavy atom. The summed E-state index contributed by atoms with van der Waals surface area (Å²) in [5.41, 5.74) is 1.69. The van der Waals surface area contributed by atoms with Gasteiger partial charge in [-0.05, 0) is 54.3 Å². The monoisotopic (exact) mass is 719 g/mol. The molecular weight excluding hydrogens is 678 g/mol. The highest BCUT2D eigenvalue weighted by molar-refractivity contribution is 7.92. The smallest absolute Gasteiger partial charge is 0.265 e. The summed E-state index contributed by atoms with van der Waals surface area (Å²) in [6.07, 6.45) is 3.99. The van der Waals surface area contributed by atoms with Gasteiger partial charge in [-0.15, -0.1) is 0 Å². The van der Waals surface area contributed by atoms with Gasteiger partial charge in [0, 0.05) is 30.1 Å². The molecule has 2 amide bonds. The molecule has 0 heterocycles. The molecule has 1 aliphatic rings. The first-order valence-corrected chi connectivity index (χ1v) is 18.2. The van der Waals surface area contributed by atoms with Crippen molar-refractivity contribution in [3.63, 3.8) is 0 Å². The number of carbonyl (C=O) groups is 2. The van der Waals surface area contributed by atoms with Crippen molar-refractivity contribution in [2.45, 2.75) is 55.6 Å². The Morgan fingerprint density at radius 2 is 1.40 bits per heavy atom. The molecule has 0 spiro atoms. The van der Waals surface area contributed by atoms with Crippen LogP contribution in [0.5, 0.6) is 17.2 Å². The molecule has 264 valence electrons. The van der Waals surface area contributed by atoms with E-state index in [1.165, 1.54) is 56.6 Å². The second kappa shape index (κ2) is 16.8. The number of carbonyl (C=O) groups excluding carboxylic acids is 2. The third-order valence-corrected chi connectivity index (χ3v) is 10.8. The average Bonchev–Trinajstić information content (AvgIpc) is 3.65. The molecule has 0 radical (unpaired) electrons.